The quantitative estimate of drug-likeness (QED) is 0.762. The van der Waals surface area contributed by atoms with Crippen molar-refractivity contribution in [2.75, 3.05) is 39.3 Å². The first-order valence-electron chi connectivity index (χ1n) is 10.5. The smallest absolute Gasteiger partial charge is 0.223 e. The van der Waals surface area contributed by atoms with E-state index in [0.717, 1.165) is 57.9 Å². The summed E-state index contributed by atoms with van der Waals surface area (Å²) in [5.41, 5.74) is 1.36. The molecule has 2 aliphatic heterocycles. The molecule has 1 atom stereocenters. The van der Waals surface area contributed by atoms with Gasteiger partial charge < -0.3 is 10.2 Å². The Balaban J connectivity index is 1.29. The molecule has 2 aliphatic rings. The van der Waals surface area contributed by atoms with Gasteiger partial charge in [0, 0.05) is 25.6 Å². The van der Waals surface area contributed by atoms with Crippen molar-refractivity contribution in [1.29, 1.82) is 0 Å². The van der Waals surface area contributed by atoms with Crippen LogP contribution in [0.5, 0.6) is 0 Å². The van der Waals surface area contributed by atoms with Gasteiger partial charge in [-0.2, -0.15) is 0 Å². The van der Waals surface area contributed by atoms with Gasteiger partial charge in [-0.3, -0.25) is 9.69 Å². The number of amides is 1. The van der Waals surface area contributed by atoms with Gasteiger partial charge in [0.25, 0.3) is 0 Å². The molecule has 144 valence electrons. The third-order valence-electron chi connectivity index (χ3n) is 5.90. The van der Waals surface area contributed by atoms with Crippen molar-refractivity contribution in [2.45, 2.75) is 45.6 Å². The molecule has 4 heteroatoms. The topological polar surface area (TPSA) is 35.6 Å². The minimum atomic E-state index is 0.206. The van der Waals surface area contributed by atoms with E-state index in [1.807, 2.05) is 0 Å². The van der Waals surface area contributed by atoms with Crippen LogP contribution in [-0.4, -0.2) is 55.0 Å². The molecule has 0 spiro atoms. The maximum atomic E-state index is 12.4. The summed E-state index contributed by atoms with van der Waals surface area (Å²) in [5.74, 6) is 1.31. The zero-order valence-corrected chi connectivity index (χ0v) is 16.3. The van der Waals surface area contributed by atoms with E-state index < -0.39 is 0 Å². The van der Waals surface area contributed by atoms with Crippen molar-refractivity contribution < 1.29 is 4.79 Å². The lowest BCUT2D eigenvalue weighted by Gasteiger charge is -2.32. The number of likely N-dealkylation sites (tertiary alicyclic amines) is 2. The Bertz CT molecular complexity index is 540. The molecule has 0 aromatic heterocycles. The summed E-state index contributed by atoms with van der Waals surface area (Å²) in [7, 11) is 0. The molecule has 0 radical (unpaired) electrons. The number of benzene rings is 1. The van der Waals surface area contributed by atoms with Crippen LogP contribution in [-0.2, 0) is 11.3 Å². The molecular formula is C22H35N3O. The van der Waals surface area contributed by atoms with Gasteiger partial charge in [-0.1, -0.05) is 37.3 Å². The van der Waals surface area contributed by atoms with Crippen LogP contribution in [0.15, 0.2) is 30.3 Å². The van der Waals surface area contributed by atoms with Crippen LogP contribution >= 0.6 is 0 Å². The number of hydrogen-bond acceptors (Lipinski definition) is 3. The fourth-order valence-corrected chi connectivity index (χ4v) is 4.34. The molecule has 1 aromatic carbocycles. The molecule has 0 unspecified atom stereocenters. The molecule has 1 aromatic rings. The van der Waals surface area contributed by atoms with E-state index in [4.69, 9.17) is 0 Å². The van der Waals surface area contributed by atoms with Crippen LogP contribution in [0.4, 0.5) is 0 Å². The second-order valence-electron chi connectivity index (χ2n) is 8.23. The van der Waals surface area contributed by atoms with Crippen molar-refractivity contribution >= 4 is 5.91 Å². The van der Waals surface area contributed by atoms with E-state index in [9.17, 15) is 4.79 Å². The summed E-state index contributed by atoms with van der Waals surface area (Å²) in [4.78, 5) is 17.4. The second-order valence-corrected chi connectivity index (χ2v) is 8.23. The molecule has 2 saturated heterocycles. The number of nitrogens with zero attached hydrogens (tertiary/aromatic N) is 2. The van der Waals surface area contributed by atoms with Crippen molar-refractivity contribution in [3.8, 4) is 0 Å². The zero-order valence-electron chi connectivity index (χ0n) is 16.3. The molecule has 1 N–H and O–H groups in total. The summed E-state index contributed by atoms with van der Waals surface area (Å²) in [5, 5.41) is 3.18. The van der Waals surface area contributed by atoms with Gasteiger partial charge >= 0.3 is 0 Å². The van der Waals surface area contributed by atoms with E-state index >= 15 is 0 Å². The van der Waals surface area contributed by atoms with Gasteiger partial charge in [-0.15, -0.1) is 0 Å². The minimum absolute atomic E-state index is 0.206. The van der Waals surface area contributed by atoms with E-state index in [2.05, 4.69) is 52.4 Å². The lowest BCUT2D eigenvalue weighted by Crippen LogP contribution is -2.41. The molecule has 3 rings (SSSR count). The highest BCUT2D eigenvalue weighted by atomic mass is 16.1. The molecular weight excluding hydrogens is 322 g/mol. The van der Waals surface area contributed by atoms with Crippen molar-refractivity contribution in [3.63, 3.8) is 0 Å². The third-order valence-corrected chi connectivity index (χ3v) is 5.90. The van der Waals surface area contributed by atoms with Crippen LogP contribution in [0.25, 0.3) is 0 Å². The summed E-state index contributed by atoms with van der Waals surface area (Å²) in [6, 6.07) is 10.6. The highest BCUT2D eigenvalue weighted by Crippen LogP contribution is 2.19. The number of carbonyl (C=O) groups excluding carboxylic acids is 1. The van der Waals surface area contributed by atoms with E-state index in [1.54, 1.807) is 0 Å². The number of nitrogens with one attached hydrogen (secondary N) is 1. The zero-order chi connectivity index (χ0) is 18.2. The average Bonchev–Trinajstić information content (AvgIpc) is 2.66. The Kier molecular flexibility index (Phi) is 7.51. The average molecular weight is 358 g/mol. The Morgan fingerprint density at radius 1 is 1.08 bits per heavy atom. The van der Waals surface area contributed by atoms with E-state index in [0.29, 0.717) is 0 Å². The molecule has 0 aliphatic carbocycles. The van der Waals surface area contributed by atoms with Crippen molar-refractivity contribution in [1.82, 2.24) is 15.1 Å². The summed E-state index contributed by atoms with van der Waals surface area (Å²) < 4.78 is 0. The molecule has 1 amide bonds. The third kappa shape index (κ3) is 6.10. The van der Waals surface area contributed by atoms with Crippen molar-refractivity contribution in [2.24, 2.45) is 11.8 Å². The van der Waals surface area contributed by atoms with Crippen LogP contribution in [0.2, 0.25) is 0 Å². The lowest BCUT2D eigenvalue weighted by atomic mass is 9.95. The lowest BCUT2D eigenvalue weighted by molar-refractivity contribution is -0.126. The summed E-state index contributed by atoms with van der Waals surface area (Å²) in [6.45, 7) is 9.82. The number of rotatable bonds is 7. The Hall–Kier alpha value is -1.39. The van der Waals surface area contributed by atoms with Crippen LogP contribution in [0.1, 0.15) is 44.6 Å². The Morgan fingerprint density at radius 2 is 1.85 bits per heavy atom. The fraction of sp³-hybridized carbons (Fsp3) is 0.682. The molecule has 0 saturated carbocycles. The monoisotopic (exact) mass is 357 g/mol. The first kappa shape index (κ1) is 19.4. The number of hydrogen-bond donors (Lipinski definition) is 1. The van der Waals surface area contributed by atoms with Gasteiger partial charge in [-0.05, 0) is 69.8 Å². The molecule has 4 nitrogen and oxygen atoms in total. The predicted octanol–water partition coefficient (Wildman–Crippen LogP) is 3.14. The number of carbonyl (C=O) groups is 1. The number of piperidine rings is 2. The molecule has 2 fully saturated rings. The molecule has 2 heterocycles. The largest absolute Gasteiger partial charge is 0.356 e. The van der Waals surface area contributed by atoms with Gasteiger partial charge in [-0.25, -0.2) is 0 Å². The fourth-order valence-electron chi connectivity index (χ4n) is 4.34. The summed E-state index contributed by atoms with van der Waals surface area (Å²) >= 11 is 0. The second kappa shape index (κ2) is 10.1. The minimum Gasteiger partial charge on any atom is -0.356 e. The molecule has 0 bridgehead atoms. The van der Waals surface area contributed by atoms with E-state index in [1.165, 1.54) is 31.5 Å². The standard InChI is InChI=1S/C22H35N3O/c1-19-7-5-13-24(17-19)14-6-12-23-22(26)21-10-15-25(16-11-21)18-20-8-3-2-4-9-20/h2-4,8-9,19,21H,5-7,10-18H2,1H3,(H,23,26)/t19-/m0/s1. The molecule has 26 heavy (non-hydrogen) atoms. The van der Waals surface area contributed by atoms with Gasteiger partial charge in [0.1, 0.15) is 0 Å². The van der Waals surface area contributed by atoms with Gasteiger partial charge in [0.05, 0.1) is 0 Å². The van der Waals surface area contributed by atoms with E-state index in [-0.39, 0.29) is 11.8 Å². The van der Waals surface area contributed by atoms with Gasteiger partial charge in [0.2, 0.25) is 5.91 Å². The first-order chi connectivity index (χ1) is 12.7. The van der Waals surface area contributed by atoms with Gasteiger partial charge in [0.15, 0.2) is 0 Å². The highest BCUT2D eigenvalue weighted by Gasteiger charge is 2.24. The van der Waals surface area contributed by atoms with Crippen LogP contribution in [0, 0.1) is 11.8 Å². The summed E-state index contributed by atoms with van der Waals surface area (Å²) in [6.07, 6.45) is 5.75. The Labute approximate surface area is 158 Å². The maximum absolute atomic E-state index is 12.4. The SMILES string of the molecule is C[C@H]1CCCN(CCCNC(=O)C2CCN(Cc3ccccc3)CC2)C1. The first-order valence-corrected chi connectivity index (χ1v) is 10.5. The van der Waals surface area contributed by atoms with Crippen LogP contribution in [0.3, 0.4) is 0 Å². The predicted molar refractivity (Wildman–Crippen MR) is 107 cm³/mol. The normalized spacial score (nSPS) is 23.0. The van der Waals surface area contributed by atoms with Crippen molar-refractivity contribution in [3.05, 3.63) is 35.9 Å². The Morgan fingerprint density at radius 3 is 2.58 bits per heavy atom. The van der Waals surface area contributed by atoms with Crippen LogP contribution < -0.4 is 5.32 Å². The highest BCUT2D eigenvalue weighted by molar-refractivity contribution is 5.78. The maximum Gasteiger partial charge on any atom is 0.223 e.